The molecule has 2 rings (SSSR count). The van der Waals surface area contributed by atoms with Gasteiger partial charge in [-0.15, -0.1) is 0 Å². The molecule has 1 saturated heterocycles. The summed E-state index contributed by atoms with van der Waals surface area (Å²) < 4.78 is 5.97. The third kappa shape index (κ3) is 3.96. The predicted octanol–water partition coefficient (Wildman–Crippen LogP) is 3.36. The van der Waals surface area contributed by atoms with Gasteiger partial charge in [0, 0.05) is 6.61 Å². The lowest BCUT2D eigenvalue weighted by Crippen LogP contribution is -2.45. The fourth-order valence-corrected chi connectivity index (χ4v) is 3.20. The fourth-order valence-electron chi connectivity index (χ4n) is 3.20. The van der Waals surface area contributed by atoms with Gasteiger partial charge in [0.1, 0.15) is 0 Å². The summed E-state index contributed by atoms with van der Waals surface area (Å²) in [4.78, 5) is 0. The maximum Gasteiger partial charge on any atom is 0.0685 e. The molecule has 2 fully saturated rings. The average molecular weight is 239 g/mol. The lowest BCUT2D eigenvalue weighted by atomic mass is 9.71. The molecule has 0 aromatic carbocycles. The minimum Gasteiger partial charge on any atom is -0.375 e. The van der Waals surface area contributed by atoms with Gasteiger partial charge in [-0.25, -0.2) is 0 Å². The van der Waals surface area contributed by atoms with Crippen LogP contribution in [0.25, 0.3) is 0 Å². The molecule has 2 nitrogen and oxygen atoms in total. The highest BCUT2D eigenvalue weighted by Crippen LogP contribution is 2.45. The van der Waals surface area contributed by atoms with E-state index in [1.54, 1.807) is 0 Å². The van der Waals surface area contributed by atoms with Crippen LogP contribution in [0, 0.1) is 11.8 Å². The number of nitrogens with one attached hydrogen (secondary N) is 1. The summed E-state index contributed by atoms with van der Waals surface area (Å²) in [5, 5.41) is 3.54. The van der Waals surface area contributed by atoms with E-state index in [2.05, 4.69) is 19.2 Å². The zero-order valence-electron chi connectivity index (χ0n) is 11.6. The molecular formula is C15H29NO. The van der Waals surface area contributed by atoms with E-state index in [0.29, 0.717) is 5.60 Å². The van der Waals surface area contributed by atoms with Gasteiger partial charge in [-0.2, -0.15) is 0 Å². The van der Waals surface area contributed by atoms with Crippen molar-refractivity contribution < 1.29 is 4.74 Å². The first-order chi connectivity index (χ1) is 8.20. The summed E-state index contributed by atoms with van der Waals surface area (Å²) >= 11 is 0. The van der Waals surface area contributed by atoms with E-state index in [1.165, 1.54) is 51.5 Å². The van der Waals surface area contributed by atoms with Gasteiger partial charge in [0.25, 0.3) is 0 Å². The van der Waals surface area contributed by atoms with E-state index in [4.69, 9.17) is 4.74 Å². The van der Waals surface area contributed by atoms with Crippen LogP contribution in [0.15, 0.2) is 0 Å². The van der Waals surface area contributed by atoms with E-state index in [9.17, 15) is 0 Å². The summed E-state index contributed by atoms with van der Waals surface area (Å²) in [6, 6.07) is 0. The molecule has 0 amide bonds. The second-order valence-corrected chi connectivity index (χ2v) is 6.48. The minimum absolute atomic E-state index is 0.342. The SMILES string of the molecule is CC(C)CNCCCC1CCOC2(CCC2)C1. The summed E-state index contributed by atoms with van der Waals surface area (Å²) in [7, 11) is 0. The minimum atomic E-state index is 0.342. The summed E-state index contributed by atoms with van der Waals surface area (Å²) in [5.41, 5.74) is 0.342. The van der Waals surface area contributed by atoms with Gasteiger partial charge in [-0.1, -0.05) is 13.8 Å². The van der Waals surface area contributed by atoms with Gasteiger partial charge in [-0.3, -0.25) is 0 Å². The van der Waals surface area contributed by atoms with Crippen LogP contribution in [-0.4, -0.2) is 25.3 Å². The van der Waals surface area contributed by atoms with Crippen molar-refractivity contribution in [2.75, 3.05) is 19.7 Å². The van der Waals surface area contributed by atoms with Crippen molar-refractivity contribution in [1.29, 1.82) is 0 Å². The Morgan fingerprint density at radius 2 is 2.18 bits per heavy atom. The molecular weight excluding hydrogens is 210 g/mol. The van der Waals surface area contributed by atoms with Gasteiger partial charge in [0.2, 0.25) is 0 Å². The van der Waals surface area contributed by atoms with Crippen molar-refractivity contribution >= 4 is 0 Å². The largest absolute Gasteiger partial charge is 0.375 e. The van der Waals surface area contributed by atoms with Crippen molar-refractivity contribution in [2.45, 2.75) is 64.4 Å². The molecule has 17 heavy (non-hydrogen) atoms. The van der Waals surface area contributed by atoms with Crippen LogP contribution in [0.5, 0.6) is 0 Å². The molecule has 2 aliphatic rings. The third-order valence-electron chi connectivity index (χ3n) is 4.38. The van der Waals surface area contributed by atoms with Crippen molar-refractivity contribution in [3.8, 4) is 0 Å². The monoisotopic (exact) mass is 239 g/mol. The van der Waals surface area contributed by atoms with Crippen molar-refractivity contribution in [2.24, 2.45) is 11.8 Å². The van der Waals surface area contributed by atoms with Crippen LogP contribution in [0.3, 0.4) is 0 Å². The Bertz CT molecular complexity index is 223. The molecule has 1 saturated carbocycles. The topological polar surface area (TPSA) is 21.3 Å². The average Bonchev–Trinajstić information content (AvgIpc) is 2.26. The van der Waals surface area contributed by atoms with Gasteiger partial charge >= 0.3 is 0 Å². The van der Waals surface area contributed by atoms with Crippen LogP contribution in [0.1, 0.15) is 58.8 Å². The highest BCUT2D eigenvalue weighted by molar-refractivity contribution is 4.93. The summed E-state index contributed by atoms with van der Waals surface area (Å²) in [6.45, 7) is 7.92. The van der Waals surface area contributed by atoms with Crippen LogP contribution in [0.2, 0.25) is 0 Å². The molecule has 2 heteroatoms. The van der Waals surface area contributed by atoms with Crippen LogP contribution < -0.4 is 5.32 Å². The molecule has 0 radical (unpaired) electrons. The van der Waals surface area contributed by atoms with Gasteiger partial charge < -0.3 is 10.1 Å². The van der Waals surface area contributed by atoms with E-state index in [-0.39, 0.29) is 0 Å². The molecule has 1 aliphatic heterocycles. The van der Waals surface area contributed by atoms with Crippen LogP contribution in [0.4, 0.5) is 0 Å². The van der Waals surface area contributed by atoms with E-state index in [1.807, 2.05) is 0 Å². The molecule has 1 aliphatic carbocycles. The Hall–Kier alpha value is -0.0800. The first kappa shape index (κ1) is 13.4. The third-order valence-corrected chi connectivity index (χ3v) is 4.38. The molecule has 1 unspecified atom stereocenters. The second kappa shape index (κ2) is 6.19. The normalized spacial score (nSPS) is 27.4. The zero-order valence-corrected chi connectivity index (χ0v) is 11.6. The fraction of sp³-hybridized carbons (Fsp3) is 1.00. The van der Waals surface area contributed by atoms with Crippen molar-refractivity contribution in [1.82, 2.24) is 5.32 Å². The number of hydrogen-bond acceptors (Lipinski definition) is 2. The Morgan fingerprint density at radius 1 is 1.35 bits per heavy atom. The highest BCUT2D eigenvalue weighted by Gasteiger charge is 2.42. The molecule has 100 valence electrons. The lowest BCUT2D eigenvalue weighted by molar-refractivity contribution is -0.144. The summed E-state index contributed by atoms with van der Waals surface area (Å²) in [6.07, 6.45) is 9.43. The quantitative estimate of drug-likeness (QED) is 0.718. The van der Waals surface area contributed by atoms with E-state index < -0.39 is 0 Å². The van der Waals surface area contributed by atoms with Crippen LogP contribution >= 0.6 is 0 Å². The lowest BCUT2D eigenvalue weighted by Gasteiger charge is -2.47. The Morgan fingerprint density at radius 3 is 2.82 bits per heavy atom. The van der Waals surface area contributed by atoms with Crippen molar-refractivity contribution in [3.05, 3.63) is 0 Å². The van der Waals surface area contributed by atoms with E-state index >= 15 is 0 Å². The van der Waals surface area contributed by atoms with Gasteiger partial charge in [0.05, 0.1) is 5.60 Å². The van der Waals surface area contributed by atoms with Gasteiger partial charge in [0.15, 0.2) is 0 Å². The Labute approximate surface area is 107 Å². The molecule has 1 heterocycles. The Balaban J connectivity index is 1.56. The molecule has 0 aromatic heterocycles. The number of ether oxygens (including phenoxy) is 1. The Kier molecular flexibility index (Phi) is 4.87. The predicted molar refractivity (Wildman–Crippen MR) is 72.2 cm³/mol. The molecule has 0 aromatic rings. The first-order valence-electron chi connectivity index (χ1n) is 7.55. The molecule has 1 N–H and O–H groups in total. The van der Waals surface area contributed by atoms with Crippen LogP contribution in [-0.2, 0) is 4.74 Å². The molecule has 1 spiro atoms. The number of hydrogen-bond donors (Lipinski definition) is 1. The zero-order chi connectivity index (χ0) is 12.1. The smallest absolute Gasteiger partial charge is 0.0685 e. The summed E-state index contributed by atoms with van der Waals surface area (Å²) in [5.74, 6) is 1.71. The number of rotatable bonds is 6. The second-order valence-electron chi connectivity index (χ2n) is 6.48. The standard InChI is InChI=1S/C15H29NO/c1-13(2)12-16-9-3-5-14-6-10-17-15(11-14)7-4-8-15/h13-14,16H,3-12H2,1-2H3. The maximum atomic E-state index is 5.97. The first-order valence-corrected chi connectivity index (χ1v) is 7.55. The highest BCUT2D eigenvalue weighted by atomic mass is 16.5. The molecule has 1 atom stereocenters. The maximum absolute atomic E-state index is 5.97. The van der Waals surface area contributed by atoms with Gasteiger partial charge in [-0.05, 0) is 69.9 Å². The van der Waals surface area contributed by atoms with E-state index in [0.717, 1.165) is 25.0 Å². The molecule has 0 bridgehead atoms. The van der Waals surface area contributed by atoms with Crippen molar-refractivity contribution in [3.63, 3.8) is 0 Å².